The smallest absolute Gasteiger partial charge is 0.207 e. The summed E-state index contributed by atoms with van der Waals surface area (Å²) in [4.78, 5) is 0.0481. The van der Waals surface area contributed by atoms with Crippen LogP contribution in [0.25, 0.3) is 0 Å². The zero-order valence-electron chi connectivity index (χ0n) is 10.6. The molecule has 1 fully saturated rings. The minimum Gasteiger partial charge on any atom is -0.207 e. The maximum atomic E-state index is 13.2. The standard InChI is InChI=1S/C13H17BrFNO2S/c14-7-6-11-3-2-8-16(10-11)19(17,18)13-5-1-4-12(15)9-13/h1,4-5,9,11H,2-3,6-8,10H2. The van der Waals surface area contributed by atoms with Gasteiger partial charge in [-0.3, -0.25) is 0 Å². The predicted molar refractivity (Wildman–Crippen MR) is 76.3 cm³/mol. The number of alkyl halides is 1. The van der Waals surface area contributed by atoms with Crippen LogP contribution in [0.2, 0.25) is 0 Å². The van der Waals surface area contributed by atoms with Crippen LogP contribution >= 0.6 is 15.9 Å². The molecular weight excluding hydrogens is 333 g/mol. The van der Waals surface area contributed by atoms with Crippen LogP contribution < -0.4 is 0 Å². The minimum atomic E-state index is -3.56. The van der Waals surface area contributed by atoms with Crippen molar-refractivity contribution in [1.82, 2.24) is 4.31 Å². The van der Waals surface area contributed by atoms with Crippen molar-refractivity contribution in [3.8, 4) is 0 Å². The van der Waals surface area contributed by atoms with Gasteiger partial charge in [-0.05, 0) is 43.4 Å². The lowest BCUT2D eigenvalue weighted by Gasteiger charge is -2.31. The first-order valence-corrected chi connectivity index (χ1v) is 8.92. The summed E-state index contributed by atoms with van der Waals surface area (Å²) in [5.41, 5.74) is 0. The fraction of sp³-hybridized carbons (Fsp3) is 0.538. The van der Waals surface area contributed by atoms with Gasteiger partial charge in [-0.25, -0.2) is 12.8 Å². The minimum absolute atomic E-state index is 0.0481. The highest BCUT2D eigenvalue weighted by Gasteiger charge is 2.30. The van der Waals surface area contributed by atoms with Gasteiger partial charge in [0.05, 0.1) is 4.90 Å². The Balaban J connectivity index is 2.19. The van der Waals surface area contributed by atoms with E-state index in [9.17, 15) is 12.8 Å². The molecule has 0 spiro atoms. The van der Waals surface area contributed by atoms with Gasteiger partial charge in [0.15, 0.2) is 0 Å². The number of halogens is 2. The zero-order valence-corrected chi connectivity index (χ0v) is 13.0. The molecule has 0 amide bonds. The Labute approximate surface area is 122 Å². The highest BCUT2D eigenvalue weighted by Crippen LogP contribution is 2.26. The molecule has 1 unspecified atom stereocenters. The molecule has 2 rings (SSSR count). The molecule has 1 saturated heterocycles. The summed E-state index contributed by atoms with van der Waals surface area (Å²) >= 11 is 3.39. The fourth-order valence-corrected chi connectivity index (χ4v) is 4.65. The average molecular weight is 350 g/mol. The number of nitrogens with zero attached hydrogens (tertiary/aromatic N) is 1. The molecule has 19 heavy (non-hydrogen) atoms. The molecule has 0 N–H and O–H groups in total. The number of hydrogen-bond acceptors (Lipinski definition) is 2. The highest BCUT2D eigenvalue weighted by atomic mass is 79.9. The van der Waals surface area contributed by atoms with Crippen LogP contribution in [0.3, 0.4) is 0 Å². The van der Waals surface area contributed by atoms with Crippen molar-refractivity contribution < 1.29 is 12.8 Å². The molecule has 0 bridgehead atoms. The third-order valence-corrected chi connectivity index (χ3v) is 5.75. The van der Waals surface area contributed by atoms with Gasteiger partial charge in [-0.1, -0.05) is 22.0 Å². The Morgan fingerprint density at radius 3 is 2.89 bits per heavy atom. The highest BCUT2D eigenvalue weighted by molar-refractivity contribution is 9.09. The molecule has 1 aliphatic heterocycles. The lowest BCUT2D eigenvalue weighted by Crippen LogP contribution is -2.40. The van der Waals surface area contributed by atoms with Crippen LogP contribution in [0.1, 0.15) is 19.3 Å². The van der Waals surface area contributed by atoms with Crippen molar-refractivity contribution in [3.63, 3.8) is 0 Å². The molecule has 1 aliphatic rings. The molecule has 0 aromatic heterocycles. The third-order valence-electron chi connectivity index (χ3n) is 3.43. The van der Waals surface area contributed by atoms with E-state index in [-0.39, 0.29) is 4.90 Å². The van der Waals surface area contributed by atoms with E-state index in [0.717, 1.165) is 30.7 Å². The molecule has 0 radical (unpaired) electrons. The second-order valence-electron chi connectivity index (χ2n) is 4.81. The van der Waals surface area contributed by atoms with Crippen LogP contribution in [0.4, 0.5) is 4.39 Å². The second-order valence-corrected chi connectivity index (χ2v) is 7.54. The van der Waals surface area contributed by atoms with Crippen molar-refractivity contribution >= 4 is 26.0 Å². The largest absolute Gasteiger partial charge is 0.243 e. The summed E-state index contributed by atoms with van der Waals surface area (Å²) in [6.45, 7) is 1.06. The Kier molecular flexibility index (Phi) is 4.97. The van der Waals surface area contributed by atoms with Gasteiger partial charge >= 0.3 is 0 Å². The van der Waals surface area contributed by atoms with Gasteiger partial charge in [0.25, 0.3) is 0 Å². The molecule has 1 atom stereocenters. The first-order valence-electron chi connectivity index (χ1n) is 6.35. The van der Waals surface area contributed by atoms with E-state index < -0.39 is 15.8 Å². The molecule has 0 aliphatic carbocycles. The summed E-state index contributed by atoms with van der Waals surface area (Å²) in [5.74, 6) is -0.133. The maximum absolute atomic E-state index is 13.2. The number of rotatable bonds is 4. The van der Waals surface area contributed by atoms with Crippen molar-refractivity contribution in [3.05, 3.63) is 30.1 Å². The quantitative estimate of drug-likeness (QED) is 0.783. The van der Waals surface area contributed by atoms with Gasteiger partial charge in [0, 0.05) is 18.4 Å². The van der Waals surface area contributed by atoms with Gasteiger partial charge in [0.2, 0.25) is 10.0 Å². The monoisotopic (exact) mass is 349 g/mol. The third kappa shape index (κ3) is 3.55. The van der Waals surface area contributed by atoms with E-state index in [1.807, 2.05) is 0 Å². The summed E-state index contributed by atoms with van der Waals surface area (Å²) in [6.07, 6.45) is 2.89. The van der Waals surface area contributed by atoms with E-state index >= 15 is 0 Å². The summed E-state index contributed by atoms with van der Waals surface area (Å²) in [6, 6.07) is 5.22. The summed E-state index contributed by atoms with van der Waals surface area (Å²) < 4.78 is 39.5. The number of hydrogen-bond donors (Lipinski definition) is 0. The number of sulfonamides is 1. The summed E-state index contributed by atoms with van der Waals surface area (Å²) in [5, 5.41) is 0.880. The average Bonchev–Trinajstić information content (AvgIpc) is 2.39. The lowest BCUT2D eigenvalue weighted by molar-refractivity contribution is 0.263. The molecule has 3 nitrogen and oxygen atoms in total. The van der Waals surface area contributed by atoms with Crippen LogP contribution in [0.15, 0.2) is 29.2 Å². The molecule has 1 aromatic carbocycles. The molecule has 106 valence electrons. The Morgan fingerprint density at radius 1 is 1.42 bits per heavy atom. The van der Waals surface area contributed by atoms with Crippen LogP contribution in [0.5, 0.6) is 0 Å². The maximum Gasteiger partial charge on any atom is 0.243 e. The molecule has 1 aromatic rings. The Bertz CT molecular complexity index is 533. The molecular formula is C13H17BrFNO2S. The Morgan fingerprint density at radius 2 is 2.21 bits per heavy atom. The lowest BCUT2D eigenvalue weighted by atomic mass is 9.97. The van der Waals surface area contributed by atoms with E-state index in [2.05, 4.69) is 15.9 Å². The molecule has 1 heterocycles. The van der Waals surface area contributed by atoms with E-state index in [0.29, 0.717) is 19.0 Å². The van der Waals surface area contributed by atoms with Gasteiger partial charge in [-0.15, -0.1) is 0 Å². The van der Waals surface area contributed by atoms with Crippen molar-refractivity contribution in [2.75, 3.05) is 18.4 Å². The van der Waals surface area contributed by atoms with Crippen LogP contribution in [-0.4, -0.2) is 31.1 Å². The Hall–Kier alpha value is -0.460. The van der Waals surface area contributed by atoms with E-state index in [1.54, 1.807) is 0 Å². The summed E-state index contributed by atoms with van der Waals surface area (Å²) in [7, 11) is -3.56. The van der Waals surface area contributed by atoms with Gasteiger partial charge in [-0.2, -0.15) is 4.31 Å². The zero-order chi connectivity index (χ0) is 13.9. The molecule has 0 saturated carbocycles. The van der Waals surface area contributed by atoms with E-state index in [1.165, 1.54) is 22.5 Å². The first kappa shape index (κ1) is 14.9. The van der Waals surface area contributed by atoms with Crippen LogP contribution in [0, 0.1) is 11.7 Å². The van der Waals surface area contributed by atoms with E-state index in [4.69, 9.17) is 0 Å². The van der Waals surface area contributed by atoms with Crippen molar-refractivity contribution in [2.45, 2.75) is 24.2 Å². The number of benzene rings is 1. The van der Waals surface area contributed by atoms with Crippen LogP contribution in [-0.2, 0) is 10.0 Å². The number of piperidine rings is 1. The first-order chi connectivity index (χ1) is 9.04. The van der Waals surface area contributed by atoms with Crippen molar-refractivity contribution in [2.24, 2.45) is 5.92 Å². The second kappa shape index (κ2) is 6.33. The fourth-order valence-electron chi connectivity index (χ4n) is 2.41. The van der Waals surface area contributed by atoms with Gasteiger partial charge < -0.3 is 0 Å². The predicted octanol–water partition coefficient (Wildman–Crippen LogP) is 3.01. The topological polar surface area (TPSA) is 37.4 Å². The van der Waals surface area contributed by atoms with Crippen molar-refractivity contribution in [1.29, 1.82) is 0 Å². The normalized spacial score (nSPS) is 21.5. The SMILES string of the molecule is O=S(=O)(c1cccc(F)c1)N1CCCC(CCBr)C1. The molecule has 6 heteroatoms. The van der Waals surface area contributed by atoms with Gasteiger partial charge in [0.1, 0.15) is 5.82 Å².